The van der Waals surface area contributed by atoms with Crippen molar-refractivity contribution < 1.29 is 5.11 Å². The van der Waals surface area contributed by atoms with Crippen LogP contribution < -0.4 is 11.1 Å². The first-order valence-electron chi connectivity index (χ1n) is 3.96. The van der Waals surface area contributed by atoms with Crippen molar-refractivity contribution in [1.29, 1.82) is 0 Å². The number of rotatable bonds is 4. The van der Waals surface area contributed by atoms with Crippen molar-refractivity contribution in [3.63, 3.8) is 0 Å². The number of aliphatic hydroxyl groups excluding tert-OH is 1. The molecule has 0 heterocycles. The molecule has 3 heteroatoms. The lowest BCUT2D eigenvalue weighted by molar-refractivity contribution is 0.259. The molecule has 1 aromatic rings. The number of benzene rings is 1. The lowest BCUT2D eigenvalue weighted by atomic mass is 10.1. The maximum atomic E-state index is 8.50. The van der Waals surface area contributed by atoms with E-state index in [2.05, 4.69) is 5.32 Å². The van der Waals surface area contributed by atoms with Gasteiger partial charge in [0.05, 0.1) is 6.73 Å². The van der Waals surface area contributed by atoms with Gasteiger partial charge in [-0.3, -0.25) is 5.32 Å². The van der Waals surface area contributed by atoms with Gasteiger partial charge in [0.1, 0.15) is 0 Å². The highest BCUT2D eigenvalue weighted by Crippen LogP contribution is 2.02. The smallest absolute Gasteiger partial charge is 0.0934 e. The Morgan fingerprint density at radius 1 is 1.17 bits per heavy atom. The van der Waals surface area contributed by atoms with Crippen LogP contribution in [0.15, 0.2) is 24.3 Å². The second-order valence-electron chi connectivity index (χ2n) is 2.61. The van der Waals surface area contributed by atoms with Crippen molar-refractivity contribution in [3.8, 4) is 0 Å². The summed E-state index contributed by atoms with van der Waals surface area (Å²) in [5.74, 6) is 0. The van der Waals surface area contributed by atoms with Gasteiger partial charge in [-0.15, -0.1) is 0 Å². The molecule has 66 valence electrons. The predicted octanol–water partition coefficient (Wildman–Crippen LogP) is 0.185. The van der Waals surface area contributed by atoms with Gasteiger partial charge in [-0.05, 0) is 11.1 Å². The van der Waals surface area contributed by atoms with E-state index < -0.39 is 0 Å². The first kappa shape index (κ1) is 9.19. The minimum Gasteiger partial charge on any atom is -0.381 e. The van der Waals surface area contributed by atoms with Gasteiger partial charge >= 0.3 is 0 Å². The molecule has 1 rings (SSSR count). The zero-order valence-corrected chi connectivity index (χ0v) is 6.96. The van der Waals surface area contributed by atoms with Gasteiger partial charge in [-0.2, -0.15) is 0 Å². The Morgan fingerprint density at radius 3 is 2.25 bits per heavy atom. The highest BCUT2D eigenvalue weighted by molar-refractivity contribution is 5.22. The fourth-order valence-corrected chi connectivity index (χ4v) is 0.993. The molecule has 4 N–H and O–H groups in total. The van der Waals surface area contributed by atoms with Gasteiger partial charge in [0.15, 0.2) is 0 Å². The molecule has 12 heavy (non-hydrogen) atoms. The monoisotopic (exact) mass is 166 g/mol. The second kappa shape index (κ2) is 4.87. The van der Waals surface area contributed by atoms with Gasteiger partial charge in [0, 0.05) is 13.1 Å². The van der Waals surface area contributed by atoms with Gasteiger partial charge in [0.25, 0.3) is 0 Å². The van der Waals surface area contributed by atoms with Gasteiger partial charge in [-0.25, -0.2) is 0 Å². The number of nitrogens with one attached hydrogen (secondary N) is 1. The maximum absolute atomic E-state index is 8.50. The van der Waals surface area contributed by atoms with E-state index in [4.69, 9.17) is 10.8 Å². The molecular weight excluding hydrogens is 152 g/mol. The molecule has 0 saturated heterocycles. The first-order valence-corrected chi connectivity index (χ1v) is 3.96. The molecule has 0 aliphatic carbocycles. The SMILES string of the molecule is NCc1ccc(CNCO)cc1. The Morgan fingerprint density at radius 2 is 1.75 bits per heavy atom. The summed E-state index contributed by atoms with van der Waals surface area (Å²) in [5.41, 5.74) is 7.73. The Bertz CT molecular complexity index is 220. The van der Waals surface area contributed by atoms with Crippen LogP contribution in [-0.2, 0) is 13.1 Å². The third-order valence-electron chi connectivity index (χ3n) is 1.70. The lowest BCUT2D eigenvalue weighted by Crippen LogP contribution is -2.13. The summed E-state index contributed by atoms with van der Waals surface area (Å²) in [5, 5.41) is 11.3. The van der Waals surface area contributed by atoms with E-state index in [0.717, 1.165) is 11.1 Å². The van der Waals surface area contributed by atoms with E-state index in [1.807, 2.05) is 24.3 Å². The molecule has 0 aliphatic heterocycles. The normalized spacial score (nSPS) is 10.2. The van der Waals surface area contributed by atoms with Crippen molar-refractivity contribution in [2.45, 2.75) is 13.1 Å². The Balaban J connectivity index is 2.53. The molecule has 0 radical (unpaired) electrons. The highest BCUT2D eigenvalue weighted by Gasteiger charge is 1.91. The van der Waals surface area contributed by atoms with Crippen LogP contribution in [0.2, 0.25) is 0 Å². The van der Waals surface area contributed by atoms with Crippen molar-refractivity contribution in [2.75, 3.05) is 6.73 Å². The fraction of sp³-hybridized carbons (Fsp3) is 0.333. The summed E-state index contributed by atoms with van der Waals surface area (Å²) in [4.78, 5) is 0. The highest BCUT2D eigenvalue weighted by atomic mass is 16.3. The first-order chi connectivity index (χ1) is 5.86. The molecule has 0 atom stereocenters. The topological polar surface area (TPSA) is 58.3 Å². The van der Waals surface area contributed by atoms with Crippen molar-refractivity contribution in [1.82, 2.24) is 5.32 Å². The Labute approximate surface area is 72.2 Å². The third kappa shape index (κ3) is 2.62. The third-order valence-corrected chi connectivity index (χ3v) is 1.70. The summed E-state index contributed by atoms with van der Waals surface area (Å²) in [6.45, 7) is 1.29. The summed E-state index contributed by atoms with van der Waals surface area (Å²) in [6.07, 6.45) is 0. The molecule has 0 amide bonds. The average Bonchev–Trinajstić information content (AvgIpc) is 2.15. The predicted molar refractivity (Wildman–Crippen MR) is 48.3 cm³/mol. The van der Waals surface area contributed by atoms with Crippen LogP contribution >= 0.6 is 0 Å². The van der Waals surface area contributed by atoms with Gasteiger partial charge < -0.3 is 10.8 Å². The van der Waals surface area contributed by atoms with Crippen LogP contribution in [0.25, 0.3) is 0 Å². The van der Waals surface area contributed by atoms with Crippen LogP contribution in [0, 0.1) is 0 Å². The van der Waals surface area contributed by atoms with Gasteiger partial charge in [0.2, 0.25) is 0 Å². The molecular formula is C9H14N2O. The van der Waals surface area contributed by atoms with Crippen LogP contribution in [-0.4, -0.2) is 11.8 Å². The number of hydrogen-bond acceptors (Lipinski definition) is 3. The zero-order valence-electron chi connectivity index (χ0n) is 6.96. The Kier molecular flexibility index (Phi) is 3.73. The van der Waals surface area contributed by atoms with Crippen molar-refractivity contribution in [2.24, 2.45) is 5.73 Å². The van der Waals surface area contributed by atoms with E-state index in [9.17, 15) is 0 Å². The molecule has 0 aliphatic rings. The molecule has 1 aromatic carbocycles. The van der Waals surface area contributed by atoms with E-state index in [-0.39, 0.29) is 6.73 Å². The summed E-state index contributed by atoms with van der Waals surface area (Å²) in [6, 6.07) is 8.00. The van der Waals surface area contributed by atoms with Crippen molar-refractivity contribution >= 4 is 0 Å². The van der Waals surface area contributed by atoms with E-state index in [0.29, 0.717) is 13.1 Å². The summed E-state index contributed by atoms with van der Waals surface area (Å²) >= 11 is 0. The minimum absolute atomic E-state index is 0.0125. The molecule has 0 spiro atoms. The quantitative estimate of drug-likeness (QED) is 0.559. The largest absolute Gasteiger partial charge is 0.381 e. The molecule has 3 nitrogen and oxygen atoms in total. The molecule has 0 fully saturated rings. The maximum Gasteiger partial charge on any atom is 0.0934 e. The van der Waals surface area contributed by atoms with Crippen LogP contribution in [0.4, 0.5) is 0 Å². The van der Waals surface area contributed by atoms with E-state index >= 15 is 0 Å². The van der Waals surface area contributed by atoms with E-state index in [1.165, 1.54) is 0 Å². The standard InChI is InChI=1S/C9H14N2O/c10-5-8-1-3-9(4-2-8)6-11-7-12/h1-4,11-12H,5-7,10H2. The minimum atomic E-state index is 0.0125. The van der Waals surface area contributed by atoms with Crippen LogP contribution in [0.3, 0.4) is 0 Å². The molecule has 0 unspecified atom stereocenters. The summed E-state index contributed by atoms with van der Waals surface area (Å²) in [7, 11) is 0. The zero-order chi connectivity index (χ0) is 8.81. The van der Waals surface area contributed by atoms with Crippen LogP contribution in [0.5, 0.6) is 0 Å². The fourth-order valence-electron chi connectivity index (χ4n) is 0.993. The average molecular weight is 166 g/mol. The second-order valence-corrected chi connectivity index (χ2v) is 2.61. The van der Waals surface area contributed by atoms with Gasteiger partial charge in [-0.1, -0.05) is 24.3 Å². The summed E-state index contributed by atoms with van der Waals surface area (Å²) < 4.78 is 0. The molecule has 0 saturated carbocycles. The molecule has 0 aromatic heterocycles. The Hall–Kier alpha value is -0.900. The lowest BCUT2D eigenvalue weighted by Gasteiger charge is -2.02. The van der Waals surface area contributed by atoms with Crippen molar-refractivity contribution in [3.05, 3.63) is 35.4 Å². The number of nitrogens with two attached hydrogens (primary N) is 1. The number of aliphatic hydroxyl groups is 1. The molecule has 0 bridgehead atoms. The number of hydrogen-bond donors (Lipinski definition) is 3. The van der Waals surface area contributed by atoms with E-state index in [1.54, 1.807) is 0 Å². The van der Waals surface area contributed by atoms with Crippen LogP contribution in [0.1, 0.15) is 11.1 Å².